The molecule has 2 aliphatic heterocycles. The number of hydrogen-bond donors (Lipinski definition) is 2. The first-order valence-corrected chi connectivity index (χ1v) is 14.7. The maximum Gasteiger partial charge on any atom is 0.331 e. The zero-order valence-electron chi connectivity index (χ0n) is 24.2. The number of methoxy groups -OCH3 is 1. The number of aliphatic hydroxyl groups is 2. The van der Waals surface area contributed by atoms with Gasteiger partial charge in [-0.05, 0) is 93.5 Å². The molecule has 0 radical (unpaired) electrons. The third-order valence-electron chi connectivity index (χ3n) is 12.0. The van der Waals surface area contributed by atoms with Gasteiger partial charge in [-0.25, -0.2) is 4.79 Å². The minimum Gasteiger partial charge on any atom is -0.458 e. The van der Waals surface area contributed by atoms with Crippen molar-refractivity contribution in [3.8, 4) is 0 Å². The first-order valence-electron chi connectivity index (χ1n) is 14.7. The van der Waals surface area contributed by atoms with E-state index in [-0.39, 0.29) is 39.8 Å². The van der Waals surface area contributed by atoms with E-state index in [1.54, 1.807) is 13.0 Å². The van der Waals surface area contributed by atoms with Crippen molar-refractivity contribution >= 4 is 11.8 Å². The summed E-state index contributed by atoms with van der Waals surface area (Å²) in [6.45, 7) is 6.68. The normalized spacial score (nSPS) is 50.0. The molecule has 0 unspecified atom stereocenters. The summed E-state index contributed by atoms with van der Waals surface area (Å²) in [5, 5.41) is 21.1. The molecule has 10 nitrogen and oxygen atoms in total. The molecule has 6 rings (SSSR count). The number of rotatable bonds is 4. The number of hydrogen-bond acceptors (Lipinski definition) is 8. The van der Waals surface area contributed by atoms with Gasteiger partial charge in [0.1, 0.15) is 30.7 Å². The maximum atomic E-state index is 14.4. The Hall–Kier alpha value is -1.40. The minimum absolute atomic E-state index is 0. The minimum atomic E-state index is -1.05. The molecular weight excluding hydrogens is 520 g/mol. The lowest BCUT2D eigenvalue weighted by molar-refractivity contribution is -0.313. The number of ether oxygens (including phenoxy) is 4. The molecule has 12 atom stereocenters. The Bertz CT molecular complexity index is 1010. The van der Waals surface area contributed by atoms with E-state index < -0.39 is 36.1 Å². The molecule has 10 heteroatoms. The van der Waals surface area contributed by atoms with Crippen molar-refractivity contribution in [2.24, 2.45) is 34.0 Å². The Kier molecular flexibility index (Phi) is 8.69. The van der Waals surface area contributed by atoms with Crippen molar-refractivity contribution in [1.29, 1.82) is 0 Å². The predicted octanol–water partition coefficient (Wildman–Crippen LogP) is 1.67. The first-order chi connectivity index (χ1) is 18.0. The number of aliphatic hydroxyl groups excluding tert-OH is 2. The zero-order chi connectivity index (χ0) is 27.0. The number of carbonyl (C=O) groups excluding carboxylic acids is 2. The Balaban J connectivity index is 0.00000185. The Morgan fingerprint density at radius 3 is 2.38 bits per heavy atom. The monoisotopic (exact) mass is 568 g/mol. The van der Waals surface area contributed by atoms with E-state index in [4.69, 9.17) is 18.9 Å². The van der Waals surface area contributed by atoms with Gasteiger partial charge in [0, 0.05) is 24.0 Å². The first kappa shape index (κ1) is 31.5. The lowest BCUT2D eigenvalue weighted by atomic mass is 9.37. The fourth-order valence-electron chi connectivity index (χ4n) is 9.88. The molecular formula is C30H48O10. The summed E-state index contributed by atoms with van der Waals surface area (Å²) < 4.78 is 22.8. The van der Waals surface area contributed by atoms with Gasteiger partial charge >= 0.3 is 5.97 Å². The number of fused-ring (bicyclic) bond motifs is 3. The predicted molar refractivity (Wildman–Crippen MR) is 144 cm³/mol. The van der Waals surface area contributed by atoms with E-state index in [1.807, 2.05) is 0 Å². The molecule has 0 aromatic rings. The van der Waals surface area contributed by atoms with Crippen LogP contribution >= 0.6 is 0 Å². The van der Waals surface area contributed by atoms with Crippen molar-refractivity contribution in [2.75, 3.05) is 13.7 Å². The van der Waals surface area contributed by atoms with Crippen molar-refractivity contribution in [3.05, 3.63) is 11.6 Å². The van der Waals surface area contributed by atoms with Crippen molar-refractivity contribution in [3.63, 3.8) is 0 Å². The second-order valence-electron chi connectivity index (χ2n) is 13.6. The van der Waals surface area contributed by atoms with Crippen LogP contribution in [-0.2, 0) is 28.5 Å². The number of esters is 1. The van der Waals surface area contributed by atoms with Crippen LogP contribution in [0.3, 0.4) is 0 Å². The summed E-state index contributed by atoms with van der Waals surface area (Å²) >= 11 is 0. The molecule has 0 aromatic carbocycles. The average molecular weight is 569 g/mol. The van der Waals surface area contributed by atoms with Gasteiger partial charge in [-0.1, -0.05) is 13.8 Å². The van der Waals surface area contributed by atoms with Crippen LogP contribution in [0, 0.1) is 34.0 Å². The quantitative estimate of drug-likeness (QED) is 0.380. The molecule has 0 amide bonds. The maximum absolute atomic E-state index is 14.4. The van der Waals surface area contributed by atoms with E-state index in [2.05, 4.69) is 13.8 Å². The van der Waals surface area contributed by atoms with Crippen LogP contribution in [0.25, 0.3) is 0 Å². The van der Waals surface area contributed by atoms with Gasteiger partial charge in [0.25, 0.3) is 0 Å². The third kappa shape index (κ3) is 4.49. The second-order valence-corrected chi connectivity index (χ2v) is 13.6. The van der Waals surface area contributed by atoms with Crippen LogP contribution in [0.5, 0.6) is 0 Å². The van der Waals surface area contributed by atoms with Crippen molar-refractivity contribution < 1.29 is 49.7 Å². The largest absolute Gasteiger partial charge is 0.458 e. The Morgan fingerprint density at radius 2 is 1.70 bits per heavy atom. The van der Waals surface area contributed by atoms with Crippen molar-refractivity contribution in [1.82, 2.24) is 0 Å². The van der Waals surface area contributed by atoms with E-state index in [9.17, 15) is 19.8 Å². The Morgan fingerprint density at radius 1 is 0.975 bits per heavy atom. The van der Waals surface area contributed by atoms with Gasteiger partial charge in [0.05, 0.1) is 12.2 Å². The molecule has 4 aliphatic carbocycles. The Labute approximate surface area is 236 Å². The van der Waals surface area contributed by atoms with Gasteiger partial charge in [-0.2, -0.15) is 0 Å². The zero-order valence-corrected chi connectivity index (χ0v) is 24.2. The van der Waals surface area contributed by atoms with Crippen LogP contribution in [0.4, 0.5) is 0 Å². The van der Waals surface area contributed by atoms with Crippen LogP contribution in [0.1, 0.15) is 78.6 Å². The van der Waals surface area contributed by atoms with Gasteiger partial charge in [-0.3, -0.25) is 4.79 Å². The van der Waals surface area contributed by atoms with Crippen LogP contribution < -0.4 is 0 Å². The van der Waals surface area contributed by atoms with Crippen molar-refractivity contribution in [2.45, 2.75) is 115 Å². The molecule has 6 aliphatic rings. The molecule has 1 saturated heterocycles. The molecule has 0 aromatic heterocycles. The summed E-state index contributed by atoms with van der Waals surface area (Å²) in [7, 11) is 1.48. The highest BCUT2D eigenvalue weighted by Crippen LogP contribution is 2.70. The van der Waals surface area contributed by atoms with E-state index >= 15 is 0 Å². The topological polar surface area (TPSA) is 175 Å². The highest BCUT2D eigenvalue weighted by Gasteiger charge is 2.67. The second kappa shape index (κ2) is 11.0. The lowest BCUT2D eigenvalue weighted by Gasteiger charge is -2.66. The number of carbonyl (C=O) groups is 2. The van der Waals surface area contributed by atoms with Gasteiger partial charge < -0.3 is 40.1 Å². The van der Waals surface area contributed by atoms with E-state index in [1.165, 1.54) is 7.11 Å². The number of Topliss-reactive ketones (excluding diaryl/α,β-unsaturated/α-hetero) is 1. The molecule has 2 bridgehead atoms. The molecule has 5 fully saturated rings. The summed E-state index contributed by atoms with van der Waals surface area (Å²) in [5.74, 6) is 1.11. The SMILES string of the molecule is CO[C@H]1[C@H](O)[C@H](O[C@H]2CC[C@@]3(C)[C@H](CC[C@@]45CC[C@H](C6=CC(=O)OC6)[C@@](C)(CC[C@@H]43)C5=O)C2)O[C@@H](C)[C@@H]1O.O.O. The smallest absolute Gasteiger partial charge is 0.331 e. The summed E-state index contributed by atoms with van der Waals surface area (Å²) in [6, 6.07) is 0. The number of cyclic esters (lactones) is 1. The fourth-order valence-corrected chi connectivity index (χ4v) is 9.88. The molecule has 2 heterocycles. The standard InChI is InChI=1S/C30H44O8.2H2O/c1-16-23(32)25(35-4)24(33)26(37-16)38-19-6-9-28(2)18(14-19)5-11-30-12-7-20(17-13-22(31)36-15-17)29(3,27(30)34)10-8-21(28)30;;/h13,16,18-21,23-26,32-33H,5-12,14-15H2,1-4H3;2*1H2/t16-,18+,19-,20+,21+,23-,24-,25+,26-,28-,29+,30+;;/m0../s1. The van der Waals surface area contributed by atoms with E-state index in [0.29, 0.717) is 24.2 Å². The van der Waals surface area contributed by atoms with Gasteiger partial charge in [0.15, 0.2) is 6.29 Å². The highest BCUT2D eigenvalue weighted by molar-refractivity contribution is 5.93. The molecule has 228 valence electrons. The molecule has 1 spiro atoms. The van der Waals surface area contributed by atoms with Gasteiger partial charge in [-0.15, -0.1) is 0 Å². The average Bonchev–Trinajstić information content (AvgIpc) is 3.30. The van der Waals surface area contributed by atoms with Crippen LogP contribution in [0.2, 0.25) is 0 Å². The third-order valence-corrected chi connectivity index (χ3v) is 12.0. The van der Waals surface area contributed by atoms with E-state index in [0.717, 1.165) is 63.4 Å². The highest BCUT2D eigenvalue weighted by atomic mass is 16.7. The van der Waals surface area contributed by atoms with Crippen LogP contribution in [0.15, 0.2) is 11.6 Å². The van der Waals surface area contributed by atoms with Gasteiger partial charge in [0.2, 0.25) is 0 Å². The summed E-state index contributed by atoms with van der Waals surface area (Å²) in [5.41, 5.74) is 0.428. The molecule has 40 heavy (non-hydrogen) atoms. The number of ketones is 1. The molecule has 4 saturated carbocycles. The summed E-state index contributed by atoms with van der Waals surface area (Å²) in [4.78, 5) is 26.2. The van der Waals surface area contributed by atoms with Crippen LogP contribution in [-0.4, -0.2) is 83.4 Å². The lowest BCUT2D eigenvalue weighted by Crippen LogP contribution is -2.64. The summed E-state index contributed by atoms with van der Waals surface area (Å²) in [6.07, 6.45) is 6.07. The molecule has 6 N–H and O–H groups in total. The fraction of sp³-hybridized carbons (Fsp3) is 0.867.